The van der Waals surface area contributed by atoms with Gasteiger partial charge in [0.2, 0.25) is 5.91 Å². The van der Waals surface area contributed by atoms with E-state index in [9.17, 15) is 4.79 Å². The van der Waals surface area contributed by atoms with Gasteiger partial charge < -0.3 is 15.4 Å². The van der Waals surface area contributed by atoms with Gasteiger partial charge in [0.1, 0.15) is 5.75 Å². The standard InChI is InChI=1S/C20H30N2O2/c1-15(17-6-4-10-21-12-17)11-20(23)22-13-18-5-2-3-7-19(18)24-14-16-8-9-16/h2-3,5,7,15-17,21H,4,6,8-14H2,1H3,(H,22,23). The molecule has 2 N–H and O–H groups in total. The van der Waals surface area contributed by atoms with Gasteiger partial charge in [0.15, 0.2) is 0 Å². The van der Waals surface area contributed by atoms with Gasteiger partial charge >= 0.3 is 0 Å². The number of benzene rings is 1. The molecule has 1 amide bonds. The average Bonchev–Trinajstić information content (AvgIpc) is 3.44. The van der Waals surface area contributed by atoms with Crippen LogP contribution in [0.3, 0.4) is 0 Å². The summed E-state index contributed by atoms with van der Waals surface area (Å²) in [5.41, 5.74) is 1.07. The van der Waals surface area contributed by atoms with Gasteiger partial charge in [-0.1, -0.05) is 25.1 Å². The second-order valence-electron chi connectivity index (χ2n) is 7.43. The number of hydrogen-bond donors (Lipinski definition) is 2. The van der Waals surface area contributed by atoms with Gasteiger partial charge in [0.05, 0.1) is 6.61 Å². The Morgan fingerprint density at radius 3 is 2.92 bits per heavy atom. The summed E-state index contributed by atoms with van der Waals surface area (Å²) in [6.07, 6.45) is 5.64. The highest BCUT2D eigenvalue weighted by Crippen LogP contribution is 2.30. The first-order valence-electron chi connectivity index (χ1n) is 9.40. The Morgan fingerprint density at radius 2 is 2.17 bits per heavy atom. The van der Waals surface area contributed by atoms with Crippen LogP contribution in [0.15, 0.2) is 24.3 Å². The van der Waals surface area contributed by atoms with Crippen molar-refractivity contribution in [3.05, 3.63) is 29.8 Å². The van der Waals surface area contributed by atoms with Gasteiger partial charge in [-0.3, -0.25) is 4.79 Å². The van der Waals surface area contributed by atoms with Crippen molar-refractivity contribution in [2.24, 2.45) is 17.8 Å². The maximum absolute atomic E-state index is 12.3. The van der Waals surface area contributed by atoms with Gasteiger partial charge in [-0.25, -0.2) is 0 Å². The number of rotatable bonds is 8. The number of ether oxygens (including phenoxy) is 1. The summed E-state index contributed by atoms with van der Waals surface area (Å²) < 4.78 is 5.91. The highest BCUT2D eigenvalue weighted by atomic mass is 16.5. The van der Waals surface area contributed by atoms with Crippen LogP contribution in [-0.2, 0) is 11.3 Å². The Hall–Kier alpha value is -1.55. The van der Waals surface area contributed by atoms with Crippen molar-refractivity contribution < 1.29 is 9.53 Å². The molecular formula is C20H30N2O2. The fraction of sp³-hybridized carbons (Fsp3) is 0.650. The molecule has 2 atom stereocenters. The molecule has 1 heterocycles. The third-order valence-electron chi connectivity index (χ3n) is 5.27. The van der Waals surface area contributed by atoms with Crippen molar-refractivity contribution >= 4 is 5.91 Å². The van der Waals surface area contributed by atoms with E-state index in [0.29, 0.717) is 24.8 Å². The number of piperidine rings is 1. The summed E-state index contributed by atoms with van der Waals surface area (Å²) in [6, 6.07) is 8.03. The molecule has 4 heteroatoms. The lowest BCUT2D eigenvalue weighted by Gasteiger charge is -2.28. The predicted molar refractivity (Wildman–Crippen MR) is 95.9 cm³/mol. The number of nitrogens with one attached hydrogen (secondary N) is 2. The first-order chi connectivity index (χ1) is 11.7. The number of amides is 1. The van der Waals surface area contributed by atoms with Crippen molar-refractivity contribution in [1.29, 1.82) is 0 Å². The highest BCUT2D eigenvalue weighted by Gasteiger charge is 2.23. The molecule has 2 unspecified atom stereocenters. The van der Waals surface area contributed by atoms with E-state index in [1.54, 1.807) is 0 Å². The minimum Gasteiger partial charge on any atom is -0.493 e. The van der Waals surface area contributed by atoms with Crippen LogP contribution in [0.2, 0.25) is 0 Å². The molecule has 0 radical (unpaired) electrons. The van der Waals surface area contributed by atoms with Crippen LogP contribution in [0, 0.1) is 17.8 Å². The second kappa shape index (κ2) is 8.52. The van der Waals surface area contributed by atoms with Gasteiger partial charge in [-0.05, 0) is 62.6 Å². The molecular weight excluding hydrogens is 300 g/mol. The van der Waals surface area contributed by atoms with Crippen molar-refractivity contribution in [1.82, 2.24) is 10.6 Å². The van der Waals surface area contributed by atoms with E-state index < -0.39 is 0 Å². The predicted octanol–water partition coefficient (Wildman–Crippen LogP) is 3.12. The number of carbonyl (C=O) groups excluding carboxylic acids is 1. The van der Waals surface area contributed by atoms with Crippen molar-refractivity contribution in [3.8, 4) is 5.75 Å². The number of para-hydroxylation sites is 1. The van der Waals surface area contributed by atoms with Crippen LogP contribution in [-0.4, -0.2) is 25.6 Å². The third-order valence-corrected chi connectivity index (χ3v) is 5.27. The first-order valence-corrected chi connectivity index (χ1v) is 9.40. The molecule has 24 heavy (non-hydrogen) atoms. The van der Waals surface area contributed by atoms with Crippen molar-refractivity contribution in [2.45, 2.75) is 45.6 Å². The summed E-state index contributed by atoms with van der Waals surface area (Å²) in [6.45, 7) is 5.72. The van der Waals surface area contributed by atoms with E-state index in [1.807, 2.05) is 24.3 Å². The average molecular weight is 330 g/mol. The molecule has 132 valence electrons. The van der Waals surface area contributed by atoms with Crippen LogP contribution in [0.4, 0.5) is 0 Å². The lowest BCUT2D eigenvalue weighted by molar-refractivity contribution is -0.122. The molecule has 0 aromatic heterocycles. The van der Waals surface area contributed by atoms with Crippen LogP contribution >= 0.6 is 0 Å². The Morgan fingerprint density at radius 1 is 1.33 bits per heavy atom. The molecule has 1 aliphatic carbocycles. The Labute approximate surface area is 145 Å². The zero-order valence-electron chi connectivity index (χ0n) is 14.7. The van der Waals surface area contributed by atoms with E-state index in [-0.39, 0.29) is 5.91 Å². The number of carbonyl (C=O) groups is 1. The maximum atomic E-state index is 12.3. The molecule has 0 spiro atoms. The molecule has 3 rings (SSSR count). The second-order valence-corrected chi connectivity index (χ2v) is 7.43. The van der Waals surface area contributed by atoms with Crippen LogP contribution < -0.4 is 15.4 Å². The quantitative estimate of drug-likeness (QED) is 0.770. The molecule has 0 bridgehead atoms. The highest BCUT2D eigenvalue weighted by molar-refractivity contribution is 5.76. The lowest BCUT2D eigenvalue weighted by Crippen LogP contribution is -2.35. The molecule has 1 saturated carbocycles. The molecule has 1 saturated heterocycles. The zero-order chi connectivity index (χ0) is 16.8. The molecule has 1 aromatic rings. The van der Waals surface area contributed by atoms with E-state index in [4.69, 9.17) is 4.74 Å². The Bertz CT molecular complexity index is 536. The van der Waals surface area contributed by atoms with Gasteiger partial charge in [0, 0.05) is 18.5 Å². The monoisotopic (exact) mass is 330 g/mol. The third kappa shape index (κ3) is 5.23. The smallest absolute Gasteiger partial charge is 0.220 e. The molecule has 2 aliphatic rings. The first kappa shape index (κ1) is 17.3. The number of hydrogen-bond acceptors (Lipinski definition) is 3. The summed E-state index contributed by atoms with van der Waals surface area (Å²) in [7, 11) is 0. The minimum absolute atomic E-state index is 0.144. The Balaban J connectivity index is 1.45. The molecule has 4 nitrogen and oxygen atoms in total. The SMILES string of the molecule is CC(CC(=O)NCc1ccccc1OCC1CC1)C1CCCNC1. The summed E-state index contributed by atoms with van der Waals surface area (Å²) >= 11 is 0. The minimum atomic E-state index is 0.144. The van der Waals surface area contributed by atoms with E-state index in [0.717, 1.165) is 36.9 Å². The van der Waals surface area contributed by atoms with E-state index in [2.05, 4.69) is 17.6 Å². The van der Waals surface area contributed by atoms with Gasteiger partial charge in [0.25, 0.3) is 0 Å². The summed E-state index contributed by atoms with van der Waals surface area (Å²) in [5.74, 6) is 2.84. The largest absolute Gasteiger partial charge is 0.493 e. The van der Waals surface area contributed by atoms with Crippen molar-refractivity contribution in [3.63, 3.8) is 0 Å². The molecule has 1 aromatic carbocycles. The maximum Gasteiger partial charge on any atom is 0.220 e. The normalized spacial score (nSPS) is 22.0. The molecule has 1 aliphatic heterocycles. The molecule has 2 fully saturated rings. The van der Waals surface area contributed by atoms with Crippen LogP contribution in [0.1, 0.15) is 44.6 Å². The van der Waals surface area contributed by atoms with Crippen LogP contribution in [0.25, 0.3) is 0 Å². The Kier molecular flexibility index (Phi) is 6.13. The van der Waals surface area contributed by atoms with E-state index in [1.165, 1.54) is 25.7 Å². The topological polar surface area (TPSA) is 50.4 Å². The fourth-order valence-electron chi connectivity index (χ4n) is 3.37. The van der Waals surface area contributed by atoms with Crippen molar-refractivity contribution in [2.75, 3.05) is 19.7 Å². The lowest BCUT2D eigenvalue weighted by atomic mass is 9.85. The summed E-state index contributed by atoms with van der Waals surface area (Å²) in [5, 5.41) is 6.51. The van der Waals surface area contributed by atoms with Crippen LogP contribution in [0.5, 0.6) is 5.75 Å². The van der Waals surface area contributed by atoms with Gasteiger partial charge in [-0.15, -0.1) is 0 Å². The fourth-order valence-corrected chi connectivity index (χ4v) is 3.37. The zero-order valence-corrected chi connectivity index (χ0v) is 14.7. The van der Waals surface area contributed by atoms with Gasteiger partial charge in [-0.2, -0.15) is 0 Å². The van der Waals surface area contributed by atoms with E-state index >= 15 is 0 Å². The summed E-state index contributed by atoms with van der Waals surface area (Å²) in [4.78, 5) is 12.3.